The fourth-order valence-electron chi connectivity index (χ4n) is 4.62. The first kappa shape index (κ1) is 20.6. The number of fused-ring (bicyclic) bond motifs is 1. The molecule has 2 unspecified atom stereocenters. The fraction of sp³-hybridized carbons (Fsp3) is 0.364. The molecular weight excluding hydrogens is 427 g/mol. The van der Waals surface area contributed by atoms with Crippen LogP contribution in [0.1, 0.15) is 30.0 Å². The summed E-state index contributed by atoms with van der Waals surface area (Å²) in [7, 11) is 0. The van der Waals surface area contributed by atoms with Crippen molar-refractivity contribution in [3.8, 4) is 11.5 Å². The summed E-state index contributed by atoms with van der Waals surface area (Å²) >= 11 is 0. The molecule has 2 saturated heterocycles. The lowest BCUT2D eigenvalue weighted by Gasteiger charge is -2.31. The third-order valence-electron chi connectivity index (χ3n) is 6.21. The Balaban J connectivity index is 1.43. The number of imide groups is 1. The van der Waals surface area contributed by atoms with Gasteiger partial charge in [-0.25, -0.2) is 9.69 Å². The minimum Gasteiger partial charge on any atom is -0.454 e. The molecule has 2 atom stereocenters. The average molecular weight is 447 g/mol. The number of nitrogens with one attached hydrogen (secondary N) is 1. The number of alkyl halides is 3. The van der Waals surface area contributed by atoms with E-state index in [-0.39, 0.29) is 25.1 Å². The highest BCUT2D eigenvalue weighted by Gasteiger charge is 2.68. The van der Waals surface area contributed by atoms with Gasteiger partial charge in [-0.1, -0.05) is 36.4 Å². The van der Waals surface area contributed by atoms with Crippen LogP contribution in [0.2, 0.25) is 0 Å². The lowest BCUT2D eigenvalue weighted by Crippen LogP contribution is -2.56. The first-order valence-corrected chi connectivity index (χ1v) is 10.2. The number of halogens is 3. The van der Waals surface area contributed by atoms with Crippen molar-refractivity contribution in [3.05, 3.63) is 59.7 Å². The number of carbonyl (C=O) groups excluding carboxylic acids is 2. The van der Waals surface area contributed by atoms with Gasteiger partial charge in [0.15, 0.2) is 11.5 Å². The molecular formula is C22H20F3N3O4. The summed E-state index contributed by atoms with van der Waals surface area (Å²) in [4.78, 5) is 28.3. The van der Waals surface area contributed by atoms with Crippen LogP contribution >= 0.6 is 0 Å². The number of rotatable bonds is 4. The third kappa shape index (κ3) is 3.09. The van der Waals surface area contributed by atoms with Crippen molar-refractivity contribution >= 4 is 11.9 Å². The van der Waals surface area contributed by atoms with E-state index in [1.807, 2.05) is 22.3 Å². The van der Waals surface area contributed by atoms with Crippen molar-refractivity contribution in [1.29, 1.82) is 0 Å². The number of hydrogen-bond donors (Lipinski definition) is 1. The molecule has 0 saturated carbocycles. The van der Waals surface area contributed by atoms with Crippen molar-refractivity contribution in [3.63, 3.8) is 0 Å². The Bertz CT molecular complexity index is 1060. The molecule has 0 aliphatic carbocycles. The van der Waals surface area contributed by atoms with Gasteiger partial charge in [-0.3, -0.25) is 9.69 Å². The second-order valence-corrected chi connectivity index (χ2v) is 8.00. The first-order chi connectivity index (χ1) is 15.3. The summed E-state index contributed by atoms with van der Waals surface area (Å²) in [5.41, 5.74) is -2.52. The predicted octanol–water partition coefficient (Wildman–Crippen LogP) is 3.52. The number of ether oxygens (including phenoxy) is 2. The summed E-state index contributed by atoms with van der Waals surface area (Å²) in [6.07, 6.45) is -3.48. The zero-order valence-corrected chi connectivity index (χ0v) is 16.9. The van der Waals surface area contributed by atoms with E-state index in [1.54, 1.807) is 12.1 Å². The molecule has 0 aromatic heterocycles. The maximum atomic E-state index is 14.2. The van der Waals surface area contributed by atoms with Gasteiger partial charge < -0.3 is 14.8 Å². The van der Waals surface area contributed by atoms with Gasteiger partial charge >= 0.3 is 12.2 Å². The molecule has 5 rings (SSSR count). The van der Waals surface area contributed by atoms with E-state index < -0.39 is 23.7 Å². The van der Waals surface area contributed by atoms with Crippen molar-refractivity contribution < 1.29 is 32.2 Å². The minimum atomic E-state index is -5.00. The molecule has 168 valence electrons. The van der Waals surface area contributed by atoms with Crippen molar-refractivity contribution in [1.82, 2.24) is 15.1 Å². The maximum absolute atomic E-state index is 14.2. The van der Waals surface area contributed by atoms with E-state index in [2.05, 4.69) is 0 Å². The van der Waals surface area contributed by atoms with Crippen LogP contribution in [0, 0.1) is 0 Å². The van der Waals surface area contributed by atoms with Crippen molar-refractivity contribution in [2.75, 3.05) is 20.0 Å². The lowest BCUT2D eigenvalue weighted by atomic mass is 9.89. The van der Waals surface area contributed by atoms with Crippen molar-refractivity contribution in [2.24, 2.45) is 0 Å². The molecule has 2 aromatic carbocycles. The second kappa shape index (κ2) is 7.40. The van der Waals surface area contributed by atoms with Crippen LogP contribution in [-0.4, -0.2) is 47.9 Å². The molecule has 3 amide bonds. The zero-order valence-electron chi connectivity index (χ0n) is 16.9. The van der Waals surface area contributed by atoms with Crippen LogP contribution in [-0.2, 0) is 10.3 Å². The second-order valence-electron chi connectivity index (χ2n) is 8.00. The summed E-state index contributed by atoms with van der Waals surface area (Å²) in [6.45, 7) is 0.434. The molecule has 2 aromatic rings. The minimum absolute atomic E-state index is 0.134. The Morgan fingerprint density at radius 3 is 2.56 bits per heavy atom. The van der Waals surface area contributed by atoms with Gasteiger partial charge in [-0.15, -0.1) is 0 Å². The molecule has 3 aliphatic heterocycles. The van der Waals surface area contributed by atoms with Crippen LogP contribution in [0.3, 0.4) is 0 Å². The van der Waals surface area contributed by atoms with Crippen LogP contribution in [0.4, 0.5) is 18.0 Å². The Morgan fingerprint density at radius 2 is 1.81 bits per heavy atom. The number of urea groups is 1. The van der Waals surface area contributed by atoms with Crippen LogP contribution in [0.25, 0.3) is 0 Å². The quantitative estimate of drug-likeness (QED) is 0.727. The topological polar surface area (TPSA) is 71.1 Å². The summed E-state index contributed by atoms with van der Waals surface area (Å²) in [5, 5.41) is 1.94. The van der Waals surface area contributed by atoms with Gasteiger partial charge in [-0.2, -0.15) is 13.2 Å². The molecule has 10 heteroatoms. The van der Waals surface area contributed by atoms with E-state index in [9.17, 15) is 22.8 Å². The van der Waals surface area contributed by atoms with E-state index in [0.29, 0.717) is 22.9 Å². The van der Waals surface area contributed by atoms with Gasteiger partial charge in [-0.05, 0) is 36.1 Å². The van der Waals surface area contributed by atoms with E-state index >= 15 is 0 Å². The first-order valence-electron chi connectivity index (χ1n) is 10.2. The predicted molar refractivity (Wildman–Crippen MR) is 106 cm³/mol. The molecule has 0 radical (unpaired) electrons. The normalized spacial score (nSPS) is 25.5. The third-order valence-corrected chi connectivity index (χ3v) is 6.21. The van der Waals surface area contributed by atoms with E-state index in [4.69, 9.17) is 9.47 Å². The van der Waals surface area contributed by atoms with Crippen LogP contribution in [0.5, 0.6) is 11.5 Å². The standard InChI is InChI=1S/C22H20F3N3O4/c23-22(24,25)21(15-5-2-1-3-6-15)19(29)28(20(30)26-21)12-27-10-4-7-16(27)14-8-9-17-18(11-14)32-13-31-17/h1-3,5-6,8-9,11,16H,4,7,10,12-13H2,(H,26,30). The summed E-state index contributed by atoms with van der Waals surface area (Å²) < 4.78 is 53.3. The smallest absolute Gasteiger partial charge is 0.425 e. The Kier molecular flexibility index (Phi) is 4.77. The maximum Gasteiger partial charge on any atom is 0.425 e. The van der Waals surface area contributed by atoms with Gasteiger partial charge in [0.1, 0.15) is 0 Å². The number of carbonyl (C=O) groups is 2. The van der Waals surface area contributed by atoms with Gasteiger partial charge in [0.25, 0.3) is 5.91 Å². The monoisotopic (exact) mass is 447 g/mol. The SMILES string of the molecule is O=C1NC(c2ccccc2)(C(F)(F)F)C(=O)N1CN1CCCC1c1ccc2c(c1)OCO2. The fourth-order valence-corrected chi connectivity index (χ4v) is 4.62. The lowest BCUT2D eigenvalue weighted by molar-refractivity contribution is -0.198. The van der Waals surface area contributed by atoms with Crippen LogP contribution < -0.4 is 14.8 Å². The van der Waals surface area contributed by atoms with Crippen LogP contribution in [0.15, 0.2) is 48.5 Å². The molecule has 0 spiro atoms. The zero-order chi connectivity index (χ0) is 22.5. The Labute approximate surface area is 181 Å². The largest absolute Gasteiger partial charge is 0.454 e. The van der Waals surface area contributed by atoms with Gasteiger partial charge in [0.2, 0.25) is 12.3 Å². The van der Waals surface area contributed by atoms with E-state index in [1.165, 1.54) is 24.3 Å². The highest BCUT2D eigenvalue weighted by Crippen LogP contribution is 2.44. The molecule has 0 bridgehead atoms. The Hall–Kier alpha value is -3.27. The highest BCUT2D eigenvalue weighted by molar-refractivity contribution is 6.08. The number of benzene rings is 2. The molecule has 2 fully saturated rings. The van der Waals surface area contributed by atoms with Gasteiger partial charge in [0, 0.05) is 12.6 Å². The molecule has 7 nitrogen and oxygen atoms in total. The number of hydrogen-bond acceptors (Lipinski definition) is 5. The highest BCUT2D eigenvalue weighted by atomic mass is 19.4. The molecule has 1 N–H and O–H groups in total. The summed E-state index contributed by atoms with van der Waals surface area (Å²) in [5.74, 6) is -0.0905. The molecule has 32 heavy (non-hydrogen) atoms. The summed E-state index contributed by atoms with van der Waals surface area (Å²) in [6, 6.07) is 11.0. The molecule has 3 heterocycles. The average Bonchev–Trinajstić information content (AvgIpc) is 3.48. The number of likely N-dealkylation sites (tertiary alicyclic amines) is 1. The van der Waals surface area contributed by atoms with Gasteiger partial charge in [0.05, 0.1) is 6.67 Å². The Morgan fingerprint density at radius 1 is 1.06 bits per heavy atom. The number of nitrogens with zero attached hydrogens (tertiary/aromatic N) is 2. The number of amides is 3. The molecule has 3 aliphatic rings. The van der Waals surface area contributed by atoms with Crippen molar-refractivity contribution in [2.45, 2.75) is 30.6 Å². The van der Waals surface area contributed by atoms with E-state index in [0.717, 1.165) is 18.4 Å².